The summed E-state index contributed by atoms with van der Waals surface area (Å²) in [6.07, 6.45) is 11.7. The van der Waals surface area contributed by atoms with Gasteiger partial charge in [-0.1, -0.05) is 0 Å². The van der Waals surface area contributed by atoms with Crippen molar-refractivity contribution in [3.63, 3.8) is 0 Å². The fraction of sp³-hybridized carbons (Fsp3) is 0.250. The van der Waals surface area contributed by atoms with E-state index in [1.54, 1.807) is 9.77 Å². The monoisotopic (exact) mass is 422 g/mol. The molecule has 0 heterocycles. The van der Waals surface area contributed by atoms with Crippen molar-refractivity contribution < 1.29 is 46.1 Å². The van der Waals surface area contributed by atoms with Gasteiger partial charge in [0.15, 0.2) is 0 Å². The largest absolute Gasteiger partial charge is 1.00 e. The summed E-state index contributed by atoms with van der Waals surface area (Å²) in [5.41, 5.74) is 4.52. The van der Waals surface area contributed by atoms with Crippen LogP contribution in [-0.4, -0.2) is 3.21 Å². The molecule has 2 aliphatic carbocycles. The first-order chi connectivity index (χ1) is 10.2. The fourth-order valence-corrected chi connectivity index (χ4v) is 11.5. The molecule has 0 saturated carbocycles. The van der Waals surface area contributed by atoms with E-state index in [9.17, 15) is 0 Å². The Hall–Kier alpha value is -0.487. The van der Waals surface area contributed by atoms with Crippen LogP contribution in [0.25, 0.3) is 0 Å². The summed E-state index contributed by atoms with van der Waals surface area (Å²) in [5, 5.41) is 0. The Balaban J connectivity index is 0.00000132. The van der Waals surface area contributed by atoms with E-state index in [0.29, 0.717) is 0 Å². The summed E-state index contributed by atoms with van der Waals surface area (Å²) in [6, 6.07) is 11.0. The molecule has 0 saturated heterocycles. The van der Waals surface area contributed by atoms with Gasteiger partial charge in [-0.05, 0) is 0 Å². The van der Waals surface area contributed by atoms with E-state index < -0.39 is 21.3 Å². The third-order valence-electron chi connectivity index (χ3n) is 4.52. The smallest absolute Gasteiger partial charge is 1.00 e. The van der Waals surface area contributed by atoms with Crippen molar-refractivity contribution in [2.75, 3.05) is 0 Å². The van der Waals surface area contributed by atoms with Crippen molar-refractivity contribution in [3.05, 3.63) is 77.9 Å². The quantitative estimate of drug-likeness (QED) is 0.604. The molecule has 0 fully saturated rings. The number of benzene rings is 1. The van der Waals surface area contributed by atoms with Gasteiger partial charge in [-0.25, -0.2) is 0 Å². The molecular formula is C20H22Cl2Zr. The van der Waals surface area contributed by atoms with Crippen LogP contribution >= 0.6 is 0 Å². The van der Waals surface area contributed by atoms with E-state index >= 15 is 0 Å². The predicted molar refractivity (Wildman–Crippen MR) is 89.1 cm³/mol. The van der Waals surface area contributed by atoms with Crippen LogP contribution in [0.2, 0.25) is 0 Å². The fourth-order valence-electron chi connectivity index (χ4n) is 3.30. The van der Waals surface area contributed by atoms with Gasteiger partial charge in [0.1, 0.15) is 0 Å². The molecule has 0 aliphatic heterocycles. The molecule has 0 aromatic heterocycles. The zero-order chi connectivity index (χ0) is 14.8. The summed E-state index contributed by atoms with van der Waals surface area (Å²) in [7, 11) is 0. The SMILES string of the molecule is CC1=[C]([Zr+2]([C]2=C(C)C=CC2)=[C](C)c2ccccc2)CC=C1.[Cl-].[Cl-]. The first-order valence-corrected chi connectivity index (χ1v) is 11.4. The maximum atomic E-state index is 2.39. The van der Waals surface area contributed by atoms with E-state index in [4.69, 9.17) is 0 Å². The molecule has 2 aliphatic rings. The minimum atomic E-state index is -1.92. The summed E-state index contributed by atoms with van der Waals surface area (Å²) in [4.78, 5) is 0. The Labute approximate surface area is 160 Å². The van der Waals surface area contributed by atoms with E-state index in [1.807, 2.05) is 0 Å². The van der Waals surface area contributed by atoms with Crippen molar-refractivity contribution >= 4 is 3.21 Å². The second-order valence-corrected chi connectivity index (χ2v) is 12.6. The third-order valence-corrected chi connectivity index (χ3v) is 13.0. The molecule has 3 heteroatoms. The summed E-state index contributed by atoms with van der Waals surface area (Å²) in [6.45, 7) is 6.99. The van der Waals surface area contributed by atoms with Gasteiger partial charge in [0.2, 0.25) is 0 Å². The van der Waals surface area contributed by atoms with Crippen LogP contribution in [0.4, 0.5) is 0 Å². The average Bonchev–Trinajstić information content (AvgIpc) is 3.10. The minimum Gasteiger partial charge on any atom is -1.00 e. The van der Waals surface area contributed by atoms with E-state index in [2.05, 4.69) is 75.4 Å². The number of rotatable bonds is 3. The van der Waals surface area contributed by atoms with Crippen molar-refractivity contribution in [2.24, 2.45) is 0 Å². The zero-order valence-electron chi connectivity index (χ0n) is 13.9. The van der Waals surface area contributed by atoms with E-state index in [1.165, 1.54) is 29.6 Å². The topological polar surface area (TPSA) is 0 Å². The molecule has 0 nitrogen and oxygen atoms in total. The predicted octanol–water partition coefficient (Wildman–Crippen LogP) is -0.679. The number of halogens is 2. The molecule has 120 valence electrons. The van der Waals surface area contributed by atoms with Gasteiger partial charge in [0.25, 0.3) is 0 Å². The van der Waals surface area contributed by atoms with E-state index in [-0.39, 0.29) is 24.8 Å². The summed E-state index contributed by atoms with van der Waals surface area (Å²) < 4.78 is 5.22. The van der Waals surface area contributed by atoms with Crippen molar-refractivity contribution in [1.82, 2.24) is 0 Å². The zero-order valence-corrected chi connectivity index (χ0v) is 17.8. The van der Waals surface area contributed by atoms with Gasteiger partial charge in [-0.3, -0.25) is 0 Å². The molecule has 0 radical (unpaired) electrons. The number of hydrogen-bond acceptors (Lipinski definition) is 0. The molecule has 0 atom stereocenters. The van der Waals surface area contributed by atoms with Crippen molar-refractivity contribution in [2.45, 2.75) is 33.6 Å². The maximum absolute atomic E-state index is 2.39. The average molecular weight is 425 g/mol. The Bertz CT molecular complexity index is 681. The van der Waals surface area contributed by atoms with Crippen LogP contribution in [0.5, 0.6) is 0 Å². The molecule has 0 bridgehead atoms. The maximum Gasteiger partial charge on any atom is -1.00 e. The van der Waals surface area contributed by atoms with Crippen molar-refractivity contribution in [3.8, 4) is 0 Å². The van der Waals surface area contributed by atoms with Crippen molar-refractivity contribution in [1.29, 1.82) is 0 Å². The van der Waals surface area contributed by atoms with Gasteiger partial charge in [0, 0.05) is 0 Å². The molecule has 0 N–H and O–H groups in total. The minimum absolute atomic E-state index is 0. The van der Waals surface area contributed by atoms with Crippen LogP contribution in [-0.2, 0) is 21.3 Å². The van der Waals surface area contributed by atoms with Gasteiger partial charge < -0.3 is 24.8 Å². The van der Waals surface area contributed by atoms with Crippen LogP contribution < -0.4 is 24.8 Å². The second kappa shape index (κ2) is 9.12. The van der Waals surface area contributed by atoms with Crippen LogP contribution in [0, 0.1) is 0 Å². The normalized spacial score (nSPS) is 15.2. The third kappa shape index (κ3) is 4.33. The molecule has 0 amide bonds. The summed E-state index contributed by atoms with van der Waals surface area (Å²) >= 11 is -1.92. The Morgan fingerprint density at radius 2 is 1.30 bits per heavy atom. The molecular weight excluding hydrogens is 402 g/mol. The summed E-state index contributed by atoms with van der Waals surface area (Å²) in [5.74, 6) is 0. The van der Waals surface area contributed by atoms with Crippen LogP contribution in [0.3, 0.4) is 0 Å². The molecule has 23 heavy (non-hydrogen) atoms. The van der Waals surface area contributed by atoms with Crippen LogP contribution in [0.15, 0.2) is 72.3 Å². The standard InChI is InChI=1S/C8H8.2C6H7.2ClH.Zr/c1-2-8-6-4-3-5-7-8;2*1-6-4-2-3-5-6;;;/h3-7H,1H3;2*2,4H,3H2,1H3;2*1H;/q;;;;;+2/p-2. The Morgan fingerprint density at radius 3 is 1.70 bits per heavy atom. The van der Waals surface area contributed by atoms with Gasteiger partial charge in [-0.2, -0.15) is 0 Å². The first-order valence-electron chi connectivity index (χ1n) is 7.68. The number of allylic oxidation sites excluding steroid dienone is 8. The molecule has 1 aromatic carbocycles. The Morgan fingerprint density at radius 1 is 0.826 bits per heavy atom. The first kappa shape index (κ1) is 20.6. The Kier molecular flexibility index (Phi) is 8.15. The van der Waals surface area contributed by atoms with Crippen LogP contribution in [0.1, 0.15) is 39.2 Å². The molecule has 3 rings (SSSR count). The van der Waals surface area contributed by atoms with E-state index in [0.717, 1.165) is 0 Å². The molecule has 0 spiro atoms. The van der Waals surface area contributed by atoms with Gasteiger partial charge >= 0.3 is 136 Å². The van der Waals surface area contributed by atoms with Gasteiger partial charge in [-0.15, -0.1) is 0 Å². The second-order valence-electron chi connectivity index (χ2n) is 5.90. The van der Waals surface area contributed by atoms with Gasteiger partial charge in [0.05, 0.1) is 0 Å². The number of hydrogen-bond donors (Lipinski definition) is 0. The molecule has 1 aromatic rings. The molecule has 0 unspecified atom stereocenters.